The second kappa shape index (κ2) is 9.69. The maximum absolute atomic E-state index is 13.1. The largest absolute Gasteiger partial charge is 0.347 e. The summed E-state index contributed by atoms with van der Waals surface area (Å²) in [4.78, 5) is 32.9. The van der Waals surface area contributed by atoms with E-state index in [4.69, 9.17) is 5.48 Å². The van der Waals surface area contributed by atoms with Gasteiger partial charge in [-0.25, -0.2) is 14.4 Å². The van der Waals surface area contributed by atoms with Crippen molar-refractivity contribution in [2.45, 2.75) is 19.4 Å². The second-order valence-corrected chi connectivity index (χ2v) is 6.58. The summed E-state index contributed by atoms with van der Waals surface area (Å²) < 4.78 is 45.8. The Kier molecular flexibility index (Phi) is 4.98. The Morgan fingerprint density at radius 3 is 2.00 bits per heavy atom. The lowest BCUT2D eigenvalue weighted by Crippen LogP contribution is -2.27. The van der Waals surface area contributed by atoms with Gasteiger partial charge in [0, 0.05) is 31.7 Å². The van der Waals surface area contributed by atoms with Crippen LogP contribution in [-0.2, 0) is 13.0 Å². The van der Waals surface area contributed by atoms with Crippen LogP contribution in [0.5, 0.6) is 0 Å². The molecule has 32 heavy (non-hydrogen) atoms. The second-order valence-electron chi connectivity index (χ2n) is 6.58. The maximum atomic E-state index is 13.1. The highest BCUT2D eigenvalue weighted by Crippen LogP contribution is 2.11. The number of aromatic nitrogens is 2. The van der Waals surface area contributed by atoms with Crippen molar-refractivity contribution in [1.29, 1.82) is 0 Å². The van der Waals surface area contributed by atoms with E-state index in [1.165, 1.54) is 24.3 Å². The highest BCUT2D eigenvalue weighted by molar-refractivity contribution is 6.09. The summed E-state index contributed by atoms with van der Waals surface area (Å²) in [6.45, 7) is -4.62. The molecule has 0 unspecified atom stereocenters. The van der Waals surface area contributed by atoms with Crippen molar-refractivity contribution in [3.63, 3.8) is 0 Å². The van der Waals surface area contributed by atoms with Gasteiger partial charge in [-0.3, -0.25) is 9.59 Å². The van der Waals surface area contributed by atoms with E-state index < -0.39 is 30.6 Å². The van der Waals surface area contributed by atoms with E-state index in [1.807, 2.05) is 0 Å². The third-order valence-electron chi connectivity index (χ3n) is 4.38. The van der Waals surface area contributed by atoms with Gasteiger partial charge in [-0.1, -0.05) is 36.4 Å². The lowest BCUT2D eigenvalue weighted by molar-refractivity contribution is 0.0944. The third kappa shape index (κ3) is 5.25. The van der Waals surface area contributed by atoms with E-state index in [1.54, 1.807) is 18.3 Å². The SMILES string of the molecule is [2H]C([2H])(NC(=O)c1cc(C(=O)NC([2H])([2H])c2ccc(C3=NN=CC3)cc2)ncn1)c1ccc(F)cc1. The fourth-order valence-electron chi connectivity index (χ4n) is 2.72. The molecule has 2 N–H and O–H groups in total. The minimum Gasteiger partial charge on any atom is -0.347 e. The van der Waals surface area contributed by atoms with Gasteiger partial charge >= 0.3 is 0 Å². The molecule has 4 rings (SSSR count). The van der Waals surface area contributed by atoms with Gasteiger partial charge < -0.3 is 10.6 Å². The molecule has 0 saturated heterocycles. The zero-order valence-corrected chi connectivity index (χ0v) is 16.5. The number of nitrogens with one attached hydrogen (secondary N) is 2. The predicted octanol–water partition coefficient (Wildman–Crippen LogP) is 2.65. The van der Waals surface area contributed by atoms with Crippen molar-refractivity contribution in [2.75, 3.05) is 0 Å². The fourth-order valence-corrected chi connectivity index (χ4v) is 2.72. The van der Waals surface area contributed by atoms with Gasteiger partial charge in [0.25, 0.3) is 11.8 Å². The highest BCUT2D eigenvalue weighted by atomic mass is 19.1. The zero-order valence-electron chi connectivity index (χ0n) is 20.5. The molecule has 2 amide bonds. The van der Waals surface area contributed by atoms with Gasteiger partial charge in [-0.05, 0) is 28.8 Å². The van der Waals surface area contributed by atoms with E-state index in [9.17, 15) is 14.0 Å². The highest BCUT2D eigenvalue weighted by Gasteiger charge is 2.13. The molecular weight excluding hydrogens is 411 g/mol. The molecule has 8 nitrogen and oxygen atoms in total. The summed E-state index contributed by atoms with van der Waals surface area (Å²) in [6.07, 6.45) is 3.18. The van der Waals surface area contributed by atoms with Crippen LogP contribution in [0.2, 0.25) is 0 Å². The van der Waals surface area contributed by atoms with Crippen molar-refractivity contribution in [1.82, 2.24) is 20.6 Å². The first kappa shape index (κ1) is 16.4. The molecule has 1 aromatic heterocycles. The van der Waals surface area contributed by atoms with Crippen LogP contribution < -0.4 is 10.6 Å². The van der Waals surface area contributed by atoms with Crippen molar-refractivity contribution >= 4 is 23.7 Å². The molecule has 9 heteroatoms. The molecule has 1 aliphatic rings. The summed E-state index contributed by atoms with van der Waals surface area (Å²) in [7, 11) is 0. The van der Waals surface area contributed by atoms with Crippen molar-refractivity contribution in [3.05, 3.63) is 94.8 Å². The van der Waals surface area contributed by atoms with Crippen LogP contribution in [0.1, 0.15) is 49.6 Å². The molecule has 0 fully saturated rings. The number of nitrogens with zero attached hydrogens (tertiary/aromatic N) is 4. The Hall–Kier alpha value is -4.27. The number of amides is 2. The monoisotopic (exact) mass is 434 g/mol. The first-order chi connectivity index (χ1) is 17.0. The molecule has 0 bridgehead atoms. The van der Waals surface area contributed by atoms with Crippen LogP contribution in [0.15, 0.2) is 71.1 Å². The van der Waals surface area contributed by atoms with Gasteiger partial charge in [-0.15, -0.1) is 0 Å². The Balaban J connectivity index is 1.45. The molecule has 0 spiro atoms. The molecule has 160 valence electrons. The molecule has 0 aliphatic carbocycles. The standard InChI is InChI=1S/C23H19FN6O2/c24-18-7-3-16(4-8-18)13-26-23(32)21-11-20(27-14-28-21)22(31)25-12-15-1-5-17(6-2-15)19-9-10-29-30-19/h1-8,10-11,14H,9,12-13H2,(H,25,31)(H,26,32)/i12D2,13D2. The van der Waals surface area contributed by atoms with E-state index in [-0.39, 0.29) is 22.5 Å². The first-order valence-electron chi connectivity index (χ1n) is 11.5. The molecule has 1 aliphatic heterocycles. The fraction of sp³-hybridized carbons (Fsp3) is 0.130. The number of carbonyl (C=O) groups is 2. The average molecular weight is 434 g/mol. The topological polar surface area (TPSA) is 109 Å². The Morgan fingerprint density at radius 2 is 1.47 bits per heavy atom. The van der Waals surface area contributed by atoms with Gasteiger partial charge in [0.2, 0.25) is 0 Å². The Morgan fingerprint density at radius 1 is 0.906 bits per heavy atom. The van der Waals surface area contributed by atoms with E-state index in [0.717, 1.165) is 35.8 Å². The molecule has 0 atom stereocenters. The lowest BCUT2D eigenvalue weighted by Gasteiger charge is -2.08. The van der Waals surface area contributed by atoms with Gasteiger partial charge in [-0.2, -0.15) is 10.2 Å². The number of carbonyl (C=O) groups excluding carboxylic acids is 2. The summed E-state index contributed by atoms with van der Waals surface area (Å²) in [5, 5.41) is 12.2. The van der Waals surface area contributed by atoms with Gasteiger partial charge in [0.05, 0.1) is 11.2 Å². The number of hydrogen-bond donors (Lipinski definition) is 2. The summed E-state index contributed by atoms with van der Waals surface area (Å²) in [6, 6.07) is 11.9. The van der Waals surface area contributed by atoms with Crippen LogP contribution in [0.4, 0.5) is 4.39 Å². The van der Waals surface area contributed by atoms with E-state index in [2.05, 4.69) is 30.8 Å². The van der Waals surface area contributed by atoms with Crippen molar-refractivity contribution < 1.29 is 19.5 Å². The van der Waals surface area contributed by atoms with Crippen LogP contribution in [-0.4, -0.2) is 33.7 Å². The summed E-state index contributed by atoms with van der Waals surface area (Å²) >= 11 is 0. The summed E-state index contributed by atoms with van der Waals surface area (Å²) in [5.41, 5.74) is 1.11. The van der Waals surface area contributed by atoms with Crippen LogP contribution in [0.3, 0.4) is 0 Å². The van der Waals surface area contributed by atoms with Crippen LogP contribution >= 0.6 is 0 Å². The molecule has 2 aromatic carbocycles. The molecule has 2 heterocycles. The third-order valence-corrected chi connectivity index (χ3v) is 4.38. The lowest BCUT2D eigenvalue weighted by atomic mass is 10.1. The normalized spacial score (nSPS) is 15.1. The number of benzene rings is 2. The van der Waals surface area contributed by atoms with Crippen LogP contribution in [0.25, 0.3) is 0 Å². The van der Waals surface area contributed by atoms with Gasteiger partial charge in [0.15, 0.2) is 0 Å². The van der Waals surface area contributed by atoms with Gasteiger partial charge in [0.1, 0.15) is 23.5 Å². The van der Waals surface area contributed by atoms with Crippen LogP contribution in [0, 0.1) is 5.82 Å². The number of halogens is 1. The number of hydrogen-bond acceptors (Lipinski definition) is 6. The molecule has 0 radical (unpaired) electrons. The molecule has 3 aromatic rings. The Labute approximate surface area is 189 Å². The smallest absolute Gasteiger partial charge is 0.270 e. The minimum absolute atomic E-state index is 0.0102. The van der Waals surface area contributed by atoms with Crippen molar-refractivity contribution in [2.24, 2.45) is 10.2 Å². The molecular formula is C23H19FN6O2. The predicted molar refractivity (Wildman–Crippen MR) is 117 cm³/mol. The average Bonchev–Trinajstić information content (AvgIpc) is 3.39. The maximum Gasteiger partial charge on any atom is 0.270 e. The minimum atomic E-state index is -2.35. The van der Waals surface area contributed by atoms with E-state index >= 15 is 0 Å². The molecule has 0 saturated carbocycles. The van der Waals surface area contributed by atoms with Crippen molar-refractivity contribution in [3.8, 4) is 0 Å². The summed E-state index contributed by atoms with van der Waals surface area (Å²) in [5.74, 6) is -2.41. The van der Waals surface area contributed by atoms with E-state index in [0.29, 0.717) is 6.42 Å². The first-order valence-corrected chi connectivity index (χ1v) is 9.47. The number of rotatable bonds is 7. The Bertz CT molecular complexity index is 1360. The quantitative estimate of drug-likeness (QED) is 0.596. The zero-order chi connectivity index (χ0) is 25.9.